The Hall–Kier alpha value is -3.06. The molecule has 7 nitrogen and oxygen atoms in total. The fraction of sp³-hybridized carbons (Fsp3) is 0.500. The number of carbonyl (C=O) groups excluding carboxylic acids is 2. The molecule has 2 amide bonds. The molecule has 1 saturated carbocycles. The SMILES string of the molecule is COc1cc(NC(=O)C2CCC(N3Cc4c(C)cc(OCCN(C)C)cc4C3=O)CC2)ccc1C. The van der Waals surface area contributed by atoms with Gasteiger partial charge in [0.1, 0.15) is 18.1 Å². The van der Waals surface area contributed by atoms with Crippen molar-refractivity contribution in [3.63, 3.8) is 0 Å². The smallest absolute Gasteiger partial charge is 0.254 e. The van der Waals surface area contributed by atoms with Crippen LogP contribution in [0.1, 0.15) is 52.7 Å². The zero-order valence-electron chi connectivity index (χ0n) is 21.5. The van der Waals surface area contributed by atoms with Crippen LogP contribution in [0.3, 0.4) is 0 Å². The van der Waals surface area contributed by atoms with Crippen molar-refractivity contribution in [2.75, 3.05) is 39.7 Å². The molecule has 1 heterocycles. The summed E-state index contributed by atoms with van der Waals surface area (Å²) in [6.45, 7) is 6.08. The molecule has 1 aliphatic carbocycles. The fourth-order valence-corrected chi connectivity index (χ4v) is 5.10. The van der Waals surface area contributed by atoms with Crippen molar-refractivity contribution < 1.29 is 19.1 Å². The first-order valence-corrected chi connectivity index (χ1v) is 12.4. The van der Waals surface area contributed by atoms with Gasteiger partial charge in [0, 0.05) is 42.4 Å². The summed E-state index contributed by atoms with van der Waals surface area (Å²) >= 11 is 0. The number of anilines is 1. The van der Waals surface area contributed by atoms with Gasteiger partial charge < -0.3 is 24.6 Å². The molecule has 1 aliphatic heterocycles. The van der Waals surface area contributed by atoms with Crippen LogP contribution in [0.25, 0.3) is 0 Å². The van der Waals surface area contributed by atoms with Crippen molar-refractivity contribution in [1.29, 1.82) is 0 Å². The zero-order chi connectivity index (χ0) is 25.1. The van der Waals surface area contributed by atoms with Crippen LogP contribution < -0.4 is 14.8 Å². The molecule has 2 aliphatic rings. The van der Waals surface area contributed by atoms with Gasteiger partial charge in [0.2, 0.25) is 5.91 Å². The average Bonchev–Trinajstić information content (AvgIpc) is 3.17. The van der Waals surface area contributed by atoms with Gasteiger partial charge in [-0.2, -0.15) is 0 Å². The number of rotatable bonds is 8. The number of hydrogen-bond donors (Lipinski definition) is 1. The Labute approximate surface area is 208 Å². The average molecular weight is 480 g/mol. The number of aryl methyl sites for hydroxylation is 2. The summed E-state index contributed by atoms with van der Waals surface area (Å²) in [5, 5.41) is 3.04. The van der Waals surface area contributed by atoms with E-state index in [1.54, 1.807) is 7.11 Å². The Morgan fingerprint density at radius 1 is 1.09 bits per heavy atom. The fourth-order valence-electron chi connectivity index (χ4n) is 5.10. The van der Waals surface area contributed by atoms with E-state index in [4.69, 9.17) is 9.47 Å². The second-order valence-corrected chi connectivity index (χ2v) is 10.0. The van der Waals surface area contributed by atoms with Crippen LogP contribution >= 0.6 is 0 Å². The highest BCUT2D eigenvalue weighted by atomic mass is 16.5. The lowest BCUT2D eigenvalue weighted by molar-refractivity contribution is -0.121. The van der Waals surface area contributed by atoms with Crippen LogP contribution in [0.5, 0.6) is 11.5 Å². The molecule has 1 fully saturated rings. The van der Waals surface area contributed by atoms with Gasteiger partial charge in [0.05, 0.1) is 7.11 Å². The number of amides is 2. The van der Waals surface area contributed by atoms with E-state index in [1.807, 2.05) is 56.3 Å². The molecular weight excluding hydrogens is 442 g/mol. The van der Waals surface area contributed by atoms with Gasteiger partial charge in [-0.05, 0) is 88.5 Å². The summed E-state index contributed by atoms with van der Waals surface area (Å²) in [4.78, 5) is 30.3. The number of nitrogens with one attached hydrogen (secondary N) is 1. The van der Waals surface area contributed by atoms with E-state index in [0.717, 1.165) is 71.7 Å². The van der Waals surface area contributed by atoms with Gasteiger partial charge in [-0.15, -0.1) is 0 Å². The molecule has 2 aromatic carbocycles. The van der Waals surface area contributed by atoms with Crippen molar-refractivity contribution in [2.24, 2.45) is 5.92 Å². The number of methoxy groups -OCH3 is 1. The van der Waals surface area contributed by atoms with Crippen molar-refractivity contribution in [1.82, 2.24) is 9.80 Å². The minimum Gasteiger partial charge on any atom is -0.496 e. The zero-order valence-corrected chi connectivity index (χ0v) is 21.5. The summed E-state index contributed by atoms with van der Waals surface area (Å²) in [5.41, 5.74) is 4.74. The Morgan fingerprint density at radius 3 is 2.51 bits per heavy atom. The molecule has 0 bridgehead atoms. The van der Waals surface area contributed by atoms with Gasteiger partial charge >= 0.3 is 0 Å². The molecule has 2 aromatic rings. The minimum atomic E-state index is -0.0444. The molecule has 0 aromatic heterocycles. The summed E-state index contributed by atoms with van der Waals surface area (Å²) in [5.74, 6) is 1.60. The van der Waals surface area contributed by atoms with Crippen LogP contribution in [0.4, 0.5) is 5.69 Å². The first kappa shape index (κ1) is 25.0. The van der Waals surface area contributed by atoms with Gasteiger partial charge in [0.25, 0.3) is 5.91 Å². The van der Waals surface area contributed by atoms with E-state index in [9.17, 15) is 9.59 Å². The number of ether oxygens (including phenoxy) is 2. The van der Waals surface area contributed by atoms with E-state index < -0.39 is 0 Å². The predicted octanol–water partition coefficient (Wildman–Crippen LogP) is 4.41. The topological polar surface area (TPSA) is 71.1 Å². The Kier molecular flexibility index (Phi) is 7.65. The third-order valence-corrected chi connectivity index (χ3v) is 7.26. The van der Waals surface area contributed by atoms with E-state index in [2.05, 4.69) is 17.1 Å². The van der Waals surface area contributed by atoms with Gasteiger partial charge in [-0.25, -0.2) is 0 Å². The highest BCUT2D eigenvalue weighted by Gasteiger charge is 2.37. The van der Waals surface area contributed by atoms with Gasteiger partial charge in [-0.3, -0.25) is 9.59 Å². The Balaban J connectivity index is 1.34. The molecule has 35 heavy (non-hydrogen) atoms. The number of benzene rings is 2. The highest BCUT2D eigenvalue weighted by molar-refractivity contribution is 5.99. The van der Waals surface area contributed by atoms with Crippen molar-refractivity contribution in [3.8, 4) is 11.5 Å². The van der Waals surface area contributed by atoms with E-state index in [0.29, 0.717) is 13.2 Å². The Morgan fingerprint density at radius 2 is 1.83 bits per heavy atom. The number of nitrogens with zero attached hydrogens (tertiary/aromatic N) is 2. The first-order chi connectivity index (χ1) is 16.8. The molecule has 7 heteroatoms. The van der Waals surface area contributed by atoms with E-state index in [1.165, 1.54) is 0 Å². The molecule has 1 N–H and O–H groups in total. The van der Waals surface area contributed by atoms with Crippen LogP contribution in [0.15, 0.2) is 30.3 Å². The van der Waals surface area contributed by atoms with Crippen molar-refractivity contribution in [2.45, 2.75) is 52.1 Å². The van der Waals surface area contributed by atoms with E-state index in [-0.39, 0.29) is 23.8 Å². The minimum absolute atomic E-state index is 0.0424. The summed E-state index contributed by atoms with van der Waals surface area (Å²) in [7, 11) is 5.65. The molecule has 0 unspecified atom stereocenters. The molecule has 188 valence electrons. The van der Waals surface area contributed by atoms with Crippen LogP contribution in [-0.4, -0.2) is 62.0 Å². The van der Waals surface area contributed by atoms with Crippen LogP contribution in [-0.2, 0) is 11.3 Å². The molecule has 0 saturated heterocycles. The molecule has 0 atom stereocenters. The Bertz CT molecular complexity index is 1090. The quantitative estimate of drug-likeness (QED) is 0.608. The lowest BCUT2D eigenvalue weighted by atomic mass is 9.84. The predicted molar refractivity (Wildman–Crippen MR) is 137 cm³/mol. The molecule has 0 radical (unpaired) electrons. The summed E-state index contributed by atoms with van der Waals surface area (Å²) < 4.78 is 11.3. The van der Waals surface area contributed by atoms with E-state index >= 15 is 0 Å². The number of hydrogen-bond acceptors (Lipinski definition) is 5. The monoisotopic (exact) mass is 479 g/mol. The van der Waals surface area contributed by atoms with Gasteiger partial charge in [-0.1, -0.05) is 6.07 Å². The van der Waals surface area contributed by atoms with Crippen molar-refractivity contribution >= 4 is 17.5 Å². The third kappa shape index (κ3) is 5.61. The number of fused-ring (bicyclic) bond motifs is 1. The summed E-state index contributed by atoms with van der Waals surface area (Å²) in [6, 6.07) is 9.81. The lowest BCUT2D eigenvalue weighted by Gasteiger charge is -2.34. The normalized spacial score (nSPS) is 19.6. The van der Waals surface area contributed by atoms with Crippen LogP contribution in [0, 0.1) is 19.8 Å². The largest absolute Gasteiger partial charge is 0.496 e. The second-order valence-electron chi connectivity index (χ2n) is 10.0. The number of likely N-dealkylation sites (N-methyl/N-ethyl adjacent to an activating group) is 1. The number of carbonyl (C=O) groups is 2. The van der Waals surface area contributed by atoms with Crippen LogP contribution in [0.2, 0.25) is 0 Å². The molecule has 0 spiro atoms. The standard InChI is InChI=1S/C28H37N3O4/c1-18-6-9-21(15-26(18)34-5)29-27(32)20-7-10-22(11-8-20)31-17-25-19(2)14-23(16-24(25)28(31)33)35-13-12-30(3)4/h6,9,14-16,20,22H,7-8,10-13,17H2,1-5H3,(H,29,32). The van der Waals surface area contributed by atoms with Crippen molar-refractivity contribution in [3.05, 3.63) is 52.6 Å². The second kappa shape index (κ2) is 10.7. The third-order valence-electron chi connectivity index (χ3n) is 7.26. The highest BCUT2D eigenvalue weighted by Crippen LogP contribution is 2.36. The maximum atomic E-state index is 13.3. The van der Waals surface area contributed by atoms with Gasteiger partial charge in [0.15, 0.2) is 0 Å². The maximum Gasteiger partial charge on any atom is 0.254 e. The summed E-state index contributed by atoms with van der Waals surface area (Å²) in [6.07, 6.45) is 3.22. The first-order valence-electron chi connectivity index (χ1n) is 12.4. The molecule has 4 rings (SSSR count). The maximum absolute atomic E-state index is 13.3. The molecular formula is C28H37N3O4. The lowest BCUT2D eigenvalue weighted by Crippen LogP contribution is -2.40.